The molecule has 0 fully saturated rings. The molecule has 0 aliphatic rings. The Morgan fingerprint density at radius 1 is 1.64 bits per heavy atom. The third kappa shape index (κ3) is 4.97. The van der Waals surface area contributed by atoms with E-state index in [1.165, 1.54) is 19.2 Å². The number of carbonyl (C=O) groups is 1. The maximum Gasteiger partial charge on any atom is 0.253 e. The summed E-state index contributed by atoms with van der Waals surface area (Å²) in [5.41, 5.74) is 1.02. The van der Waals surface area contributed by atoms with Crippen molar-refractivity contribution in [2.24, 2.45) is 5.16 Å². The summed E-state index contributed by atoms with van der Waals surface area (Å²) in [5.74, 6) is -0.372. The molecule has 1 rings (SSSR count). The molecular weight excluding hydrogens is 288 g/mol. The van der Waals surface area contributed by atoms with Crippen LogP contribution in [0.3, 0.4) is 0 Å². The highest BCUT2D eigenvalue weighted by atomic mass is 16.6. The van der Waals surface area contributed by atoms with Crippen LogP contribution >= 0.6 is 0 Å². The third-order valence-corrected chi connectivity index (χ3v) is 3.10. The van der Waals surface area contributed by atoms with Gasteiger partial charge in [-0.1, -0.05) is 12.1 Å². The van der Waals surface area contributed by atoms with Gasteiger partial charge in [0.1, 0.15) is 0 Å². The number of rotatable bonds is 7. The number of pyridine rings is 1. The van der Waals surface area contributed by atoms with Gasteiger partial charge in [-0.3, -0.25) is 19.9 Å². The number of hydrogen-bond donors (Lipinski definition) is 2. The normalized spacial score (nSPS) is 13.5. The van der Waals surface area contributed by atoms with Gasteiger partial charge in [0, 0.05) is 29.8 Å². The molecule has 8 heteroatoms. The van der Waals surface area contributed by atoms with E-state index in [-0.39, 0.29) is 18.2 Å². The summed E-state index contributed by atoms with van der Waals surface area (Å²) in [5, 5.41) is 25.4. The van der Waals surface area contributed by atoms with E-state index in [0.29, 0.717) is 17.6 Å². The number of nitro groups is 1. The molecule has 1 atom stereocenters. The summed E-state index contributed by atoms with van der Waals surface area (Å²) in [6, 6.07) is 2.35. The molecule has 2 N–H and O–H groups in total. The van der Waals surface area contributed by atoms with Gasteiger partial charge in [0.05, 0.1) is 17.8 Å². The Morgan fingerprint density at radius 3 is 2.86 bits per heavy atom. The fourth-order valence-corrected chi connectivity index (χ4v) is 1.75. The van der Waals surface area contributed by atoms with E-state index in [2.05, 4.69) is 15.5 Å². The molecule has 0 saturated carbocycles. The highest BCUT2D eigenvalue weighted by Crippen LogP contribution is 2.10. The first-order chi connectivity index (χ1) is 10.5. The maximum absolute atomic E-state index is 11.8. The first kappa shape index (κ1) is 17.3. The molecule has 0 spiro atoms. The van der Waals surface area contributed by atoms with Crippen molar-refractivity contribution in [1.82, 2.24) is 10.3 Å². The fourth-order valence-electron chi connectivity index (χ4n) is 1.75. The quantitative estimate of drug-likeness (QED) is 0.343. The number of oxime groups is 1. The fraction of sp³-hybridized carbons (Fsp3) is 0.357. The highest BCUT2D eigenvalue weighted by molar-refractivity contribution is 6.01. The molecule has 1 amide bonds. The van der Waals surface area contributed by atoms with Crippen molar-refractivity contribution in [2.75, 3.05) is 6.54 Å². The van der Waals surface area contributed by atoms with E-state index in [0.717, 1.165) is 0 Å². The van der Waals surface area contributed by atoms with Crippen LogP contribution in [0.15, 0.2) is 41.3 Å². The van der Waals surface area contributed by atoms with Crippen LogP contribution in [0, 0.1) is 10.1 Å². The molecule has 1 heterocycles. The van der Waals surface area contributed by atoms with Crippen molar-refractivity contribution in [3.8, 4) is 0 Å². The predicted molar refractivity (Wildman–Crippen MR) is 80.6 cm³/mol. The lowest BCUT2D eigenvalue weighted by Gasteiger charge is -2.08. The highest BCUT2D eigenvalue weighted by Gasteiger charge is 2.18. The van der Waals surface area contributed by atoms with Crippen molar-refractivity contribution < 1.29 is 14.9 Å². The number of amides is 1. The van der Waals surface area contributed by atoms with Crippen molar-refractivity contribution >= 4 is 11.6 Å². The molecule has 0 saturated heterocycles. The zero-order valence-electron chi connectivity index (χ0n) is 12.4. The Hall–Kier alpha value is -2.77. The monoisotopic (exact) mass is 306 g/mol. The SMILES string of the molecule is CCC(=CC(CNC(=O)c1cccnc1)=NO)C(C)[N+](=O)[O-]. The molecule has 8 nitrogen and oxygen atoms in total. The average Bonchev–Trinajstić information content (AvgIpc) is 2.55. The Labute approximate surface area is 127 Å². The first-order valence-electron chi connectivity index (χ1n) is 6.72. The minimum Gasteiger partial charge on any atom is -0.411 e. The minimum atomic E-state index is -0.879. The summed E-state index contributed by atoms with van der Waals surface area (Å²) in [6.45, 7) is 3.19. The maximum atomic E-state index is 11.8. The van der Waals surface area contributed by atoms with E-state index in [4.69, 9.17) is 5.21 Å². The zero-order valence-corrected chi connectivity index (χ0v) is 12.4. The summed E-state index contributed by atoms with van der Waals surface area (Å²) in [6.07, 6.45) is 4.83. The van der Waals surface area contributed by atoms with Crippen LogP contribution in [0.5, 0.6) is 0 Å². The molecular formula is C14H18N4O4. The van der Waals surface area contributed by atoms with E-state index >= 15 is 0 Å². The Morgan fingerprint density at radius 2 is 2.36 bits per heavy atom. The number of hydrogen-bond acceptors (Lipinski definition) is 6. The summed E-state index contributed by atoms with van der Waals surface area (Å²) in [7, 11) is 0. The standard InChI is InChI=1S/C14H18N4O4/c1-3-11(10(2)18(21)22)7-13(17-20)9-16-14(19)12-5-4-6-15-8-12/h4-8,10,20H,3,9H2,1-2H3,(H,16,19). The van der Waals surface area contributed by atoms with Crippen LogP contribution in [0.25, 0.3) is 0 Å². The molecule has 1 unspecified atom stereocenters. The van der Waals surface area contributed by atoms with Gasteiger partial charge in [-0.05, 0) is 24.6 Å². The molecule has 1 aromatic heterocycles. The van der Waals surface area contributed by atoms with E-state index in [1.807, 2.05) is 0 Å². The molecule has 0 radical (unpaired) electrons. The molecule has 0 bridgehead atoms. The predicted octanol–water partition coefficient (Wildman–Crippen LogP) is 1.64. The third-order valence-electron chi connectivity index (χ3n) is 3.10. The lowest BCUT2D eigenvalue weighted by Crippen LogP contribution is -2.29. The number of aromatic nitrogens is 1. The smallest absolute Gasteiger partial charge is 0.253 e. The summed E-state index contributed by atoms with van der Waals surface area (Å²) in [4.78, 5) is 26.1. The lowest BCUT2D eigenvalue weighted by molar-refractivity contribution is -0.507. The van der Waals surface area contributed by atoms with Crippen LogP contribution in [0.2, 0.25) is 0 Å². The Bertz CT molecular complexity index is 584. The number of nitrogens with one attached hydrogen (secondary N) is 1. The van der Waals surface area contributed by atoms with Crippen molar-refractivity contribution in [1.29, 1.82) is 0 Å². The van der Waals surface area contributed by atoms with Gasteiger partial charge in [0.15, 0.2) is 0 Å². The second-order valence-electron chi connectivity index (χ2n) is 4.55. The summed E-state index contributed by atoms with van der Waals surface area (Å²) >= 11 is 0. The molecule has 1 aromatic rings. The van der Waals surface area contributed by atoms with Crippen molar-refractivity contribution in [2.45, 2.75) is 26.3 Å². The van der Waals surface area contributed by atoms with Gasteiger partial charge >= 0.3 is 0 Å². The van der Waals surface area contributed by atoms with Crippen molar-refractivity contribution in [3.63, 3.8) is 0 Å². The number of carbonyl (C=O) groups excluding carboxylic acids is 1. The molecule has 0 aromatic carbocycles. The average molecular weight is 306 g/mol. The summed E-state index contributed by atoms with van der Waals surface area (Å²) < 4.78 is 0. The van der Waals surface area contributed by atoms with Crippen LogP contribution in [0.4, 0.5) is 0 Å². The second kappa shape index (κ2) is 8.50. The molecule has 118 valence electrons. The van der Waals surface area contributed by atoms with E-state index in [1.54, 1.807) is 25.3 Å². The first-order valence-corrected chi connectivity index (χ1v) is 6.72. The van der Waals surface area contributed by atoms with E-state index < -0.39 is 11.0 Å². The minimum absolute atomic E-state index is 0.0435. The Balaban J connectivity index is 2.73. The van der Waals surface area contributed by atoms with Gasteiger partial charge in [0.25, 0.3) is 5.91 Å². The topological polar surface area (TPSA) is 118 Å². The van der Waals surface area contributed by atoms with Crippen molar-refractivity contribution in [3.05, 3.63) is 51.9 Å². The van der Waals surface area contributed by atoms with Gasteiger partial charge in [-0.2, -0.15) is 0 Å². The van der Waals surface area contributed by atoms with Crippen LogP contribution in [-0.4, -0.2) is 39.3 Å². The van der Waals surface area contributed by atoms with E-state index in [9.17, 15) is 14.9 Å². The van der Waals surface area contributed by atoms with Crippen LogP contribution < -0.4 is 5.32 Å². The largest absolute Gasteiger partial charge is 0.411 e. The Kier molecular flexibility index (Phi) is 6.68. The van der Waals surface area contributed by atoms with Gasteiger partial charge in [-0.25, -0.2) is 0 Å². The lowest BCUT2D eigenvalue weighted by atomic mass is 10.0. The zero-order chi connectivity index (χ0) is 16.5. The van der Waals surface area contributed by atoms with Crippen LogP contribution in [-0.2, 0) is 0 Å². The van der Waals surface area contributed by atoms with Gasteiger partial charge in [0.2, 0.25) is 6.04 Å². The molecule has 0 aliphatic heterocycles. The second-order valence-corrected chi connectivity index (χ2v) is 4.55. The van der Waals surface area contributed by atoms with Gasteiger partial charge < -0.3 is 10.5 Å². The molecule has 22 heavy (non-hydrogen) atoms. The van der Waals surface area contributed by atoms with Crippen LogP contribution in [0.1, 0.15) is 30.6 Å². The number of nitrogens with zero attached hydrogens (tertiary/aromatic N) is 3. The molecule has 0 aliphatic carbocycles. The van der Waals surface area contributed by atoms with Gasteiger partial charge in [-0.15, -0.1) is 0 Å².